The zero-order valence-electron chi connectivity index (χ0n) is 18.1. The molecule has 0 aliphatic carbocycles. The van der Waals surface area contributed by atoms with Crippen LogP contribution >= 0.6 is 23.2 Å². The Bertz CT molecular complexity index is 1090. The molecule has 1 atom stereocenters. The van der Waals surface area contributed by atoms with Gasteiger partial charge >= 0.3 is 0 Å². The Morgan fingerprint density at radius 3 is 2.38 bits per heavy atom. The maximum Gasteiger partial charge on any atom is 0.244 e. The van der Waals surface area contributed by atoms with Crippen molar-refractivity contribution in [3.63, 3.8) is 0 Å². The van der Waals surface area contributed by atoms with Crippen molar-refractivity contribution in [3.05, 3.63) is 58.1 Å². The van der Waals surface area contributed by atoms with Gasteiger partial charge in [0.2, 0.25) is 21.8 Å². The summed E-state index contributed by atoms with van der Waals surface area (Å²) in [5, 5.41) is 2.92. The molecular formula is C21H25Cl2N3O5S. The molecule has 0 aliphatic rings. The predicted molar refractivity (Wildman–Crippen MR) is 126 cm³/mol. The minimum atomic E-state index is -3.85. The van der Waals surface area contributed by atoms with E-state index in [0.717, 1.165) is 10.6 Å². The Balaban J connectivity index is 2.41. The summed E-state index contributed by atoms with van der Waals surface area (Å²) in [4.78, 5) is 26.9. The molecule has 0 saturated carbocycles. The molecule has 11 heteroatoms. The first-order valence-corrected chi connectivity index (χ1v) is 12.1. The molecule has 174 valence electrons. The molecule has 8 nitrogen and oxygen atoms in total. The summed E-state index contributed by atoms with van der Waals surface area (Å²) in [6, 6.07) is 10.5. The number of halogens is 2. The number of likely N-dealkylation sites (N-methyl/N-ethyl adjacent to an activating group) is 1. The number of amides is 2. The largest absolute Gasteiger partial charge is 0.497 e. The Morgan fingerprint density at radius 1 is 1.12 bits per heavy atom. The lowest BCUT2D eigenvalue weighted by molar-refractivity contribution is -0.139. The molecule has 2 amide bonds. The molecular weight excluding hydrogens is 477 g/mol. The average molecular weight is 502 g/mol. The lowest BCUT2D eigenvalue weighted by Crippen LogP contribution is -2.50. The van der Waals surface area contributed by atoms with E-state index >= 15 is 0 Å². The number of sulfonamides is 1. The van der Waals surface area contributed by atoms with Crippen molar-refractivity contribution in [1.29, 1.82) is 0 Å². The number of carbonyl (C=O) groups excluding carboxylic acids is 2. The van der Waals surface area contributed by atoms with Crippen molar-refractivity contribution in [2.24, 2.45) is 0 Å². The molecule has 0 aliphatic heterocycles. The molecule has 0 radical (unpaired) electrons. The van der Waals surface area contributed by atoms with Gasteiger partial charge in [-0.1, -0.05) is 35.3 Å². The second-order valence-electron chi connectivity index (χ2n) is 7.03. The maximum atomic E-state index is 13.3. The summed E-state index contributed by atoms with van der Waals surface area (Å²) in [7, 11) is -0.860. The summed E-state index contributed by atoms with van der Waals surface area (Å²) in [6.45, 7) is 1.12. The highest BCUT2D eigenvalue weighted by Gasteiger charge is 2.30. The first-order valence-electron chi connectivity index (χ1n) is 9.54. The van der Waals surface area contributed by atoms with Crippen LogP contribution in [-0.2, 0) is 26.2 Å². The lowest BCUT2D eigenvalue weighted by atomic mass is 10.1. The molecule has 0 saturated heterocycles. The fourth-order valence-electron chi connectivity index (χ4n) is 3.01. The Kier molecular flexibility index (Phi) is 8.77. The van der Waals surface area contributed by atoms with Gasteiger partial charge in [-0.2, -0.15) is 0 Å². The highest BCUT2D eigenvalue weighted by molar-refractivity contribution is 7.92. The van der Waals surface area contributed by atoms with E-state index in [1.165, 1.54) is 37.3 Å². The van der Waals surface area contributed by atoms with Crippen molar-refractivity contribution in [2.45, 2.75) is 19.5 Å². The third-order valence-electron chi connectivity index (χ3n) is 4.77. The summed E-state index contributed by atoms with van der Waals surface area (Å²) in [5.74, 6) is -0.363. The van der Waals surface area contributed by atoms with Gasteiger partial charge in [0, 0.05) is 13.6 Å². The number of ether oxygens (including phenoxy) is 1. The number of rotatable bonds is 9. The number of methoxy groups -OCH3 is 1. The van der Waals surface area contributed by atoms with Crippen LogP contribution in [0.1, 0.15) is 12.5 Å². The van der Waals surface area contributed by atoms with Crippen molar-refractivity contribution >= 4 is 50.7 Å². The predicted octanol–water partition coefficient (Wildman–Crippen LogP) is 2.93. The van der Waals surface area contributed by atoms with E-state index in [-0.39, 0.29) is 28.2 Å². The number of anilines is 1. The fraction of sp³-hybridized carbons (Fsp3) is 0.333. The van der Waals surface area contributed by atoms with Gasteiger partial charge in [0.1, 0.15) is 18.3 Å². The molecule has 0 unspecified atom stereocenters. The first-order chi connectivity index (χ1) is 15.0. The molecule has 2 rings (SSSR count). The monoisotopic (exact) mass is 501 g/mol. The number of carbonyl (C=O) groups is 2. The molecule has 2 aromatic carbocycles. The van der Waals surface area contributed by atoms with E-state index in [1.54, 1.807) is 31.2 Å². The fourth-order valence-corrected chi connectivity index (χ4v) is 4.15. The number of hydrogen-bond donors (Lipinski definition) is 1. The second-order valence-corrected chi connectivity index (χ2v) is 9.75. The third kappa shape index (κ3) is 6.51. The summed E-state index contributed by atoms with van der Waals surface area (Å²) in [5.41, 5.74) is 0.901. The zero-order valence-corrected chi connectivity index (χ0v) is 20.5. The lowest BCUT2D eigenvalue weighted by Gasteiger charge is -2.31. The van der Waals surface area contributed by atoms with Crippen LogP contribution < -0.4 is 14.4 Å². The van der Waals surface area contributed by atoms with Gasteiger partial charge in [0.15, 0.2) is 0 Å². The van der Waals surface area contributed by atoms with Gasteiger partial charge in [0.25, 0.3) is 0 Å². The van der Waals surface area contributed by atoms with Crippen molar-refractivity contribution < 1.29 is 22.7 Å². The van der Waals surface area contributed by atoms with Gasteiger partial charge in [-0.05, 0) is 42.8 Å². The van der Waals surface area contributed by atoms with Gasteiger partial charge in [-0.3, -0.25) is 13.9 Å². The summed E-state index contributed by atoms with van der Waals surface area (Å²) in [6.07, 6.45) is 0.984. The molecule has 0 fully saturated rings. The SMILES string of the molecule is CNC(=O)[C@H](C)N(Cc1cccc(OC)c1)C(=O)CN(c1ccc(Cl)c(Cl)c1)S(C)(=O)=O. The molecule has 0 heterocycles. The van der Waals surface area contributed by atoms with Gasteiger partial charge in [-0.25, -0.2) is 8.42 Å². The minimum Gasteiger partial charge on any atom is -0.497 e. The summed E-state index contributed by atoms with van der Waals surface area (Å²) >= 11 is 12.0. The van der Waals surface area contributed by atoms with Crippen LogP contribution in [0.15, 0.2) is 42.5 Å². The van der Waals surface area contributed by atoms with Crippen LogP contribution in [0, 0.1) is 0 Å². The average Bonchev–Trinajstić information content (AvgIpc) is 2.75. The van der Waals surface area contributed by atoms with Crippen LogP contribution in [-0.4, -0.2) is 58.1 Å². The van der Waals surface area contributed by atoms with Crippen LogP contribution in [0.4, 0.5) is 5.69 Å². The minimum absolute atomic E-state index is 0.0730. The molecule has 0 spiro atoms. The Labute approximate surface area is 198 Å². The van der Waals surface area contributed by atoms with Gasteiger partial charge in [-0.15, -0.1) is 0 Å². The molecule has 0 aromatic heterocycles. The second kappa shape index (κ2) is 10.9. The number of nitrogens with one attached hydrogen (secondary N) is 1. The van der Waals surface area contributed by atoms with Crippen molar-refractivity contribution in [1.82, 2.24) is 10.2 Å². The molecule has 1 N–H and O–H groups in total. The van der Waals surface area contributed by atoms with Crippen LogP contribution in [0.5, 0.6) is 5.75 Å². The molecule has 32 heavy (non-hydrogen) atoms. The normalized spacial score (nSPS) is 12.1. The third-order valence-corrected chi connectivity index (χ3v) is 6.65. The smallest absolute Gasteiger partial charge is 0.244 e. The van der Waals surface area contributed by atoms with Crippen LogP contribution in [0.2, 0.25) is 10.0 Å². The van der Waals surface area contributed by atoms with Crippen LogP contribution in [0.25, 0.3) is 0 Å². The number of hydrogen-bond acceptors (Lipinski definition) is 5. The first kappa shape index (κ1) is 25.8. The van der Waals surface area contributed by atoms with E-state index in [1.807, 2.05) is 0 Å². The highest BCUT2D eigenvalue weighted by Crippen LogP contribution is 2.28. The van der Waals surface area contributed by atoms with Gasteiger partial charge in [0.05, 0.1) is 29.1 Å². The van der Waals surface area contributed by atoms with Crippen molar-refractivity contribution in [2.75, 3.05) is 31.3 Å². The van der Waals surface area contributed by atoms with Crippen LogP contribution in [0.3, 0.4) is 0 Å². The number of benzene rings is 2. The number of nitrogens with zero attached hydrogens (tertiary/aromatic N) is 2. The zero-order chi connectivity index (χ0) is 24.1. The Hall–Kier alpha value is -2.49. The van der Waals surface area contributed by atoms with Gasteiger partial charge < -0.3 is 15.0 Å². The van der Waals surface area contributed by atoms with Crippen molar-refractivity contribution in [3.8, 4) is 5.75 Å². The Morgan fingerprint density at radius 2 is 1.81 bits per heavy atom. The quantitative estimate of drug-likeness (QED) is 0.569. The molecule has 0 bridgehead atoms. The summed E-state index contributed by atoms with van der Waals surface area (Å²) < 4.78 is 31.1. The van der Waals surface area contributed by atoms with E-state index < -0.39 is 28.5 Å². The van der Waals surface area contributed by atoms with E-state index in [9.17, 15) is 18.0 Å². The van der Waals surface area contributed by atoms with E-state index in [0.29, 0.717) is 11.3 Å². The molecule has 2 aromatic rings. The van der Waals surface area contributed by atoms with E-state index in [4.69, 9.17) is 27.9 Å². The standard InChI is InChI=1S/C21H25Cl2N3O5S/c1-14(21(28)24-2)25(12-15-6-5-7-17(10-15)31-3)20(27)13-26(32(4,29)30)16-8-9-18(22)19(23)11-16/h5-11,14H,12-13H2,1-4H3,(H,24,28)/t14-/m0/s1. The topological polar surface area (TPSA) is 96.0 Å². The van der Waals surface area contributed by atoms with E-state index in [2.05, 4.69) is 5.32 Å². The maximum absolute atomic E-state index is 13.3. The highest BCUT2D eigenvalue weighted by atomic mass is 35.5.